The van der Waals surface area contributed by atoms with Gasteiger partial charge in [0.15, 0.2) is 0 Å². The molecule has 0 amide bonds. The van der Waals surface area contributed by atoms with E-state index < -0.39 is 10.0 Å². The van der Waals surface area contributed by atoms with Crippen LogP contribution in [0.25, 0.3) is 10.8 Å². The molecular weight excluding hydrogens is 447 g/mol. The summed E-state index contributed by atoms with van der Waals surface area (Å²) in [6, 6.07) is 15.0. The van der Waals surface area contributed by atoms with Crippen LogP contribution in [-0.2, 0) is 10.0 Å². The molecule has 6 heteroatoms. The monoisotopic (exact) mass is 465 g/mol. The number of aromatic nitrogens is 1. The van der Waals surface area contributed by atoms with Crippen molar-refractivity contribution in [1.29, 1.82) is 0 Å². The maximum absolute atomic E-state index is 12.8. The van der Waals surface area contributed by atoms with E-state index in [4.69, 9.17) is 0 Å². The summed E-state index contributed by atoms with van der Waals surface area (Å²) < 4.78 is 28.5. The van der Waals surface area contributed by atoms with Crippen molar-refractivity contribution >= 4 is 43.4 Å². The molecule has 128 valence electrons. The minimum atomic E-state index is -3.63. The van der Waals surface area contributed by atoms with Crippen LogP contribution in [0.5, 0.6) is 0 Å². The average Bonchev–Trinajstić information content (AvgIpc) is 3.40. The van der Waals surface area contributed by atoms with Gasteiger partial charge in [-0.15, -0.1) is 0 Å². The van der Waals surface area contributed by atoms with E-state index in [-0.39, 0.29) is 4.90 Å². The van der Waals surface area contributed by atoms with Gasteiger partial charge >= 0.3 is 10.0 Å². The molecule has 0 spiro atoms. The number of fused-ring (bicyclic) bond motifs is 1. The molecule has 0 radical (unpaired) electrons. The SMILES string of the molecule is Cc1ccc(S(=O)(=O)N[n+]2cc3ccccc3c(I)c2C2CC2)cc1. The molecular formula is C19H18IN2O2S+. The Bertz CT molecular complexity index is 1060. The molecule has 0 bridgehead atoms. The summed E-state index contributed by atoms with van der Waals surface area (Å²) in [5.74, 6) is 0.414. The number of sulfonamides is 1. The zero-order chi connectivity index (χ0) is 17.6. The molecule has 4 rings (SSSR count). The third-order valence-corrected chi connectivity index (χ3v) is 6.93. The van der Waals surface area contributed by atoms with Gasteiger partial charge in [-0.25, -0.2) is 0 Å². The van der Waals surface area contributed by atoms with Gasteiger partial charge in [-0.05, 0) is 60.6 Å². The minimum absolute atomic E-state index is 0.274. The van der Waals surface area contributed by atoms with Crippen LogP contribution in [-0.4, -0.2) is 8.42 Å². The fourth-order valence-corrected chi connectivity index (χ4v) is 5.17. The Balaban J connectivity index is 1.83. The van der Waals surface area contributed by atoms with Crippen molar-refractivity contribution in [3.8, 4) is 0 Å². The molecule has 1 saturated carbocycles. The van der Waals surface area contributed by atoms with E-state index in [1.165, 1.54) is 0 Å². The summed E-state index contributed by atoms with van der Waals surface area (Å²) in [6.07, 6.45) is 4.08. The molecule has 0 saturated heterocycles. The molecule has 1 aliphatic rings. The zero-order valence-electron chi connectivity index (χ0n) is 13.7. The molecule has 1 fully saturated rings. The number of nitrogens with zero attached hydrogens (tertiary/aromatic N) is 1. The number of hydrogen-bond donors (Lipinski definition) is 1. The summed E-state index contributed by atoms with van der Waals surface area (Å²) >= 11 is 2.33. The molecule has 1 N–H and O–H groups in total. The Hall–Kier alpha value is -1.67. The van der Waals surface area contributed by atoms with Gasteiger partial charge in [0, 0.05) is 16.7 Å². The van der Waals surface area contributed by atoms with E-state index in [0.29, 0.717) is 5.92 Å². The number of aryl methyl sites for hydroxylation is 1. The molecule has 3 aromatic rings. The van der Waals surface area contributed by atoms with Crippen molar-refractivity contribution < 1.29 is 13.1 Å². The molecule has 1 aliphatic carbocycles. The van der Waals surface area contributed by atoms with E-state index >= 15 is 0 Å². The third kappa shape index (κ3) is 3.25. The lowest BCUT2D eigenvalue weighted by molar-refractivity contribution is -0.644. The Kier molecular flexibility index (Phi) is 4.19. The predicted molar refractivity (Wildman–Crippen MR) is 107 cm³/mol. The highest BCUT2D eigenvalue weighted by atomic mass is 127. The number of hydrogen-bond acceptors (Lipinski definition) is 2. The number of nitrogens with one attached hydrogen (secondary N) is 1. The third-order valence-electron chi connectivity index (χ3n) is 4.46. The lowest BCUT2D eigenvalue weighted by atomic mass is 10.1. The fourth-order valence-electron chi connectivity index (χ4n) is 2.97. The van der Waals surface area contributed by atoms with E-state index in [1.807, 2.05) is 43.5 Å². The van der Waals surface area contributed by atoms with Crippen LogP contribution in [0.1, 0.15) is 30.0 Å². The fraction of sp³-hybridized carbons (Fsp3) is 0.211. The van der Waals surface area contributed by atoms with Crippen LogP contribution in [0.15, 0.2) is 59.6 Å². The molecule has 1 aromatic heterocycles. The molecule has 2 aromatic carbocycles. The standard InChI is InChI=1S/C19H18IN2O2S/c1-13-6-10-16(11-7-13)25(23,24)21-22-12-15-4-2-3-5-17(15)18(20)19(22)14-8-9-14/h2-7,10-12,14,21H,8-9H2,1H3/q+1. The first-order chi connectivity index (χ1) is 12.0. The lowest BCUT2D eigenvalue weighted by Crippen LogP contribution is -2.51. The van der Waals surface area contributed by atoms with Crippen molar-refractivity contribution in [2.75, 3.05) is 4.83 Å². The second-order valence-electron chi connectivity index (χ2n) is 6.47. The number of benzene rings is 2. The molecule has 1 heterocycles. The maximum Gasteiger partial charge on any atom is 0.306 e. The number of rotatable bonds is 4. The number of halogens is 1. The van der Waals surface area contributed by atoms with Crippen molar-refractivity contribution in [2.24, 2.45) is 0 Å². The van der Waals surface area contributed by atoms with Gasteiger partial charge in [-0.2, -0.15) is 8.42 Å². The first-order valence-electron chi connectivity index (χ1n) is 8.18. The molecule has 25 heavy (non-hydrogen) atoms. The average molecular weight is 465 g/mol. The summed E-state index contributed by atoms with van der Waals surface area (Å²) in [5.41, 5.74) is 2.08. The van der Waals surface area contributed by atoms with E-state index in [1.54, 1.807) is 16.8 Å². The van der Waals surface area contributed by atoms with Crippen LogP contribution in [0.3, 0.4) is 0 Å². The Morgan fingerprint density at radius 2 is 1.76 bits per heavy atom. The molecule has 0 unspecified atom stereocenters. The van der Waals surface area contributed by atoms with Crippen LogP contribution >= 0.6 is 22.6 Å². The Morgan fingerprint density at radius 1 is 1.08 bits per heavy atom. The van der Waals surface area contributed by atoms with E-state index in [0.717, 1.165) is 38.4 Å². The van der Waals surface area contributed by atoms with Gasteiger partial charge in [0.1, 0.15) is 0 Å². The molecule has 0 atom stereocenters. The molecule has 4 nitrogen and oxygen atoms in total. The van der Waals surface area contributed by atoms with Gasteiger partial charge in [0.2, 0.25) is 11.9 Å². The van der Waals surface area contributed by atoms with Crippen LogP contribution in [0, 0.1) is 10.5 Å². The van der Waals surface area contributed by atoms with Crippen molar-refractivity contribution in [3.05, 3.63) is 69.6 Å². The van der Waals surface area contributed by atoms with Gasteiger partial charge < -0.3 is 0 Å². The quantitative estimate of drug-likeness (QED) is 0.470. The van der Waals surface area contributed by atoms with Crippen LogP contribution in [0.4, 0.5) is 0 Å². The Morgan fingerprint density at radius 3 is 2.44 bits per heavy atom. The first-order valence-corrected chi connectivity index (χ1v) is 10.7. The van der Waals surface area contributed by atoms with Crippen LogP contribution in [0.2, 0.25) is 0 Å². The summed E-state index contributed by atoms with van der Waals surface area (Å²) in [5, 5.41) is 2.18. The van der Waals surface area contributed by atoms with E-state index in [9.17, 15) is 8.42 Å². The van der Waals surface area contributed by atoms with Gasteiger partial charge in [-0.1, -0.05) is 45.4 Å². The summed E-state index contributed by atoms with van der Waals surface area (Å²) in [6.45, 7) is 1.94. The second kappa shape index (κ2) is 6.25. The van der Waals surface area contributed by atoms with Crippen LogP contribution < -0.4 is 9.51 Å². The van der Waals surface area contributed by atoms with Gasteiger partial charge in [-0.3, -0.25) is 0 Å². The zero-order valence-corrected chi connectivity index (χ0v) is 16.7. The van der Waals surface area contributed by atoms with Crippen molar-refractivity contribution in [2.45, 2.75) is 30.6 Å². The topological polar surface area (TPSA) is 50.1 Å². The molecule has 0 aliphatic heterocycles. The maximum atomic E-state index is 12.8. The van der Waals surface area contributed by atoms with Crippen molar-refractivity contribution in [1.82, 2.24) is 0 Å². The number of pyridine rings is 1. The van der Waals surface area contributed by atoms with Gasteiger partial charge in [0.05, 0.1) is 8.47 Å². The summed E-state index contributed by atoms with van der Waals surface area (Å²) in [7, 11) is -3.63. The summed E-state index contributed by atoms with van der Waals surface area (Å²) in [4.78, 5) is 3.03. The Labute approximate surface area is 161 Å². The smallest absolute Gasteiger partial charge is 0.197 e. The highest BCUT2D eigenvalue weighted by molar-refractivity contribution is 14.1. The van der Waals surface area contributed by atoms with E-state index in [2.05, 4.69) is 33.5 Å². The second-order valence-corrected chi connectivity index (χ2v) is 9.21. The lowest BCUT2D eigenvalue weighted by Gasteiger charge is -2.10. The van der Waals surface area contributed by atoms with Crippen molar-refractivity contribution in [3.63, 3.8) is 0 Å². The van der Waals surface area contributed by atoms with Gasteiger partial charge in [0.25, 0.3) is 0 Å². The largest absolute Gasteiger partial charge is 0.306 e. The normalized spacial score (nSPS) is 14.6. The highest BCUT2D eigenvalue weighted by Crippen LogP contribution is 2.41. The first kappa shape index (κ1) is 16.8. The predicted octanol–water partition coefficient (Wildman–Crippen LogP) is 3.85. The minimum Gasteiger partial charge on any atom is -0.197 e. The highest BCUT2D eigenvalue weighted by Gasteiger charge is 2.37.